The lowest BCUT2D eigenvalue weighted by Crippen LogP contribution is -2.32. The Balaban J connectivity index is 1.88. The molecule has 0 bridgehead atoms. The van der Waals surface area contributed by atoms with Gasteiger partial charge < -0.3 is 5.32 Å². The van der Waals surface area contributed by atoms with E-state index in [1.807, 2.05) is 13.8 Å². The highest BCUT2D eigenvalue weighted by Gasteiger charge is 2.31. The highest BCUT2D eigenvalue weighted by molar-refractivity contribution is 7.92. The summed E-state index contributed by atoms with van der Waals surface area (Å²) in [6.45, 7) is 4.32. The normalized spacial score (nSPS) is 14.8. The van der Waals surface area contributed by atoms with Crippen LogP contribution in [0.25, 0.3) is 0 Å². The maximum atomic E-state index is 12.9. The van der Waals surface area contributed by atoms with Crippen LogP contribution in [-0.4, -0.2) is 26.9 Å². The van der Waals surface area contributed by atoms with Crippen LogP contribution < -0.4 is 9.62 Å². The molecule has 2 aromatic rings. The summed E-state index contributed by atoms with van der Waals surface area (Å²) < 4.78 is 27.2. The topological polar surface area (TPSA) is 66.5 Å². The third-order valence-electron chi connectivity index (χ3n) is 4.59. The van der Waals surface area contributed by atoms with Gasteiger partial charge in [-0.05, 0) is 67.8 Å². The number of rotatable bonds is 5. The molecule has 0 fully saturated rings. The average Bonchev–Trinajstić information content (AvgIpc) is 3.05. The average molecular weight is 393 g/mol. The molecule has 1 heterocycles. The van der Waals surface area contributed by atoms with Crippen molar-refractivity contribution in [3.05, 3.63) is 58.6 Å². The molecule has 1 N–H and O–H groups in total. The van der Waals surface area contributed by atoms with Gasteiger partial charge in [-0.3, -0.25) is 9.10 Å². The van der Waals surface area contributed by atoms with E-state index in [0.717, 1.165) is 12.0 Å². The number of halogens is 1. The minimum absolute atomic E-state index is 0.0949. The highest BCUT2D eigenvalue weighted by Crippen LogP contribution is 2.33. The van der Waals surface area contributed by atoms with Crippen molar-refractivity contribution in [2.45, 2.75) is 37.6 Å². The number of amides is 1. The first kappa shape index (κ1) is 18.7. The Morgan fingerprint density at radius 2 is 1.92 bits per heavy atom. The van der Waals surface area contributed by atoms with Gasteiger partial charge in [-0.2, -0.15) is 0 Å². The summed E-state index contributed by atoms with van der Waals surface area (Å²) in [7, 11) is -3.65. The molecule has 3 rings (SSSR count). The van der Waals surface area contributed by atoms with E-state index in [4.69, 9.17) is 11.6 Å². The number of hydrogen-bond donors (Lipinski definition) is 1. The van der Waals surface area contributed by atoms with Crippen molar-refractivity contribution in [3.63, 3.8) is 0 Å². The zero-order valence-corrected chi connectivity index (χ0v) is 16.3. The summed E-state index contributed by atoms with van der Waals surface area (Å²) in [6.07, 6.45) is 1.43. The molecule has 0 unspecified atom stereocenters. The summed E-state index contributed by atoms with van der Waals surface area (Å²) in [5, 5.41) is 3.41. The van der Waals surface area contributed by atoms with Gasteiger partial charge in [0.05, 0.1) is 10.6 Å². The fourth-order valence-electron chi connectivity index (χ4n) is 2.91. The zero-order valence-electron chi connectivity index (χ0n) is 14.7. The van der Waals surface area contributed by atoms with Gasteiger partial charge in [0.15, 0.2) is 0 Å². The van der Waals surface area contributed by atoms with Gasteiger partial charge in [0.25, 0.3) is 15.9 Å². The molecule has 1 atom stereocenters. The van der Waals surface area contributed by atoms with E-state index in [-0.39, 0.29) is 16.8 Å². The Hall–Kier alpha value is -2.05. The van der Waals surface area contributed by atoms with Crippen molar-refractivity contribution in [3.8, 4) is 0 Å². The third kappa shape index (κ3) is 3.57. The largest absolute Gasteiger partial charge is 0.350 e. The summed E-state index contributed by atoms with van der Waals surface area (Å²) in [5.41, 5.74) is 2.04. The molecule has 1 aliphatic heterocycles. The SMILES string of the molecule is CC[C@H](C)NC(=O)c1ccc2c(c1)CCN2S(=O)(=O)c1ccc(Cl)cc1. The number of fused-ring (bicyclic) bond motifs is 1. The monoisotopic (exact) mass is 392 g/mol. The molecule has 0 aliphatic carbocycles. The number of anilines is 1. The fourth-order valence-corrected chi connectivity index (χ4v) is 4.53. The molecular formula is C19H21ClN2O3S. The van der Waals surface area contributed by atoms with E-state index < -0.39 is 10.0 Å². The van der Waals surface area contributed by atoms with Crippen molar-refractivity contribution in [2.24, 2.45) is 0 Å². The van der Waals surface area contributed by atoms with Gasteiger partial charge in [-0.25, -0.2) is 8.42 Å². The van der Waals surface area contributed by atoms with Crippen molar-refractivity contribution in [1.29, 1.82) is 0 Å². The second kappa shape index (κ2) is 7.29. The van der Waals surface area contributed by atoms with Crippen LogP contribution >= 0.6 is 11.6 Å². The molecule has 1 amide bonds. The van der Waals surface area contributed by atoms with Crippen molar-refractivity contribution < 1.29 is 13.2 Å². The molecule has 0 saturated carbocycles. The lowest BCUT2D eigenvalue weighted by atomic mass is 10.1. The van der Waals surface area contributed by atoms with Gasteiger partial charge in [0.2, 0.25) is 0 Å². The molecule has 138 valence electrons. The van der Waals surface area contributed by atoms with E-state index >= 15 is 0 Å². The van der Waals surface area contributed by atoms with Crippen LogP contribution in [0.4, 0.5) is 5.69 Å². The van der Waals surface area contributed by atoms with Crippen LogP contribution in [-0.2, 0) is 16.4 Å². The number of carbonyl (C=O) groups excluding carboxylic acids is 1. The predicted molar refractivity (Wildman–Crippen MR) is 103 cm³/mol. The number of carbonyl (C=O) groups is 1. The van der Waals surface area contributed by atoms with Crippen LogP contribution in [0.2, 0.25) is 5.02 Å². The van der Waals surface area contributed by atoms with E-state index in [2.05, 4.69) is 5.32 Å². The lowest BCUT2D eigenvalue weighted by molar-refractivity contribution is 0.0939. The highest BCUT2D eigenvalue weighted by atomic mass is 35.5. The van der Waals surface area contributed by atoms with Crippen LogP contribution in [0.15, 0.2) is 47.4 Å². The second-order valence-corrected chi connectivity index (χ2v) is 8.71. The van der Waals surface area contributed by atoms with Crippen molar-refractivity contribution in [1.82, 2.24) is 5.32 Å². The van der Waals surface area contributed by atoms with Gasteiger partial charge in [0, 0.05) is 23.2 Å². The molecule has 0 aromatic heterocycles. The summed E-state index contributed by atoms with van der Waals surface area (Å²) in [6, 6.07) is 11.4. The van der Waals surface area contributed by atoms with E-state index in [1.54, 1.807) is 30.3 Å². The van der Waals surface area contributed by atoms with Gasteiger partial charge in [-0.1, -0.05) is 18.5 Å². The van der Waals surface area contributed by atoms with Gasteiger partial charge in [0.1, 0.15) is 0 Å². The summed E-state index contributed by atoms with van der Waals surface area (Å²) in [4.78, 5) is 12.5. The standard InChI is InChI=1S/C19H21ClN2O3S/c1-3-13(2)21-19(23)15-4-9-18-14(12-15)10-11-22(18)26(24,25)17-7-5-16(20)6-8-17/h4-9,12-13H,3,10-11H2,1-2H3,(H,21,23)/t13-/m0/s1. The number of hydrogen-bond acceptors (Lipinski definition) is 3. The predicted octanol–water partition coefficient (Wildman–Crippen LogP) is 3.62. The molecule has 0 saturated heterocycles. The first-order valence-corrected chi connectivity index (χ1v) is 10.4. The number of sulfonamides is 1. The quantitative estimate of drug-likeness (QED) is 0.845. The molecule has 7 heteroatoms. The number of nitrogens with zero attached hydrogens (tertiary/aromatic N) is 1. The van der Waals surface area contributed by atoms with Crippen LogP contribution in [0.1, 0.15) is 36.2 Å². The van der Waals surface area contributed by atoms with E-state index in [0.29, 0.717) is 29.2 Å². The van der Waals surface area contributed by atoms with Crippen molar-refractivity contribution >= 4 is 33.2 Å². The smallest absolute Gasteiger partial charge is 0.264 e. The first-order valence-electron chi connectivity index (χ1n) is 8.55. The Bertz CT molecular complexity index is 926. The molecule has 0 spiro atoms. The number of benzene rings is 2. The van der Waals surface area contributed by atoms with Gasteiger partial charge >= 0.3 is 0 Å². The molecular weight excluding hydrogens is 372 g/mol. The minimum Gasteiger partial charge on any atom is -0.350 e. The van der Waals surface area contributed by atoms with Crippen LogP contribution in [0.5, 0.6) is 0 Å². The Labute approximate surface area is 159 Å². The van der Waals surface area contributed by atoms with Gasteiger partial charge in [-0.15, -0.1) is 0 Å². The third-order valence-corrected chi connectivity index (χ3v) is 6.67. The fraction of sp³-hybridized carbons (Fsp3) is 0.316. The molecule has 2 aromatic carbocycles. The molecule has 26 heavy (non-hydrogen) atoms. The molecule has 5 nitrogen and oxygen atoms in total. The first-order chi connectivity index (χ1) is 12.3. The summed E-state index contributed by atoms with van der Waals surface area (Å²) in [5.74, 6) is -0.138. The maximum Gasteiger partial charge on any atom is 0.264 e. The second-order valence-electron chi connectivity index (χ2n) is 6.41. The minimum atomic E-state index is -3.65. The van der Waals surface area contributed by atoms with Crippen molar-refractivity contribution in [2.75, 3.05) is 10.8 Å². The van der Waals surface area contributed by atoms with Crippen LogP contribution in [0.3, 0.4) is 0 Å². The lowest BCUT2D eigenvalue weighted by Gasteiger charge is -2.20. The number of nitrogens with one attached hydrogen (secondary N) is 1. The maximum absolute atomic E-state index is 12.9. The Morgan fingerprint density at radius 3 is 2.58 bits per heavy atom. The van der Waals surface area contributed by atoms with E-state index in [1.165, 1.54) is 16.4 Å². The Kier molecular flexibility index (Phi) is 5.25. The molecule has 1 aliphatic rings. The zero-order chi connectivity index (χ0) is 18.9. The molecule has 0 radical (unpaired) electrons. The van der Waals surface area contributed by atoms with Crippen LogP contribution in [0, 0.1) is 0 Å². The Morgan fingerprint density at radius 1 is 1.23 bits per heavy atom. The van der Waals surface area contributed by atoms with E-state index in [9.17, 15) is 13.2 Å². The summed E-state index contributed by atoms with van der Waals surface area (Å²) >= 11 is 5.85.